The van der Waals surface area contributed by atoms with Gasteiger partial charge in [0, 0.05) is 11.6 Å². The molecule has 0 heterocycles. The van der Waals surface area contributed by atoms with Crippen molar-refractivity contribution in [2.24, 2.45) is 0 Å². The molecule has 0 amide bonds. The number of Topliss-reactive ketones (excluding diaryl/α,β-unsaturated/α-hetero) is 1. The maximum Gasteiger partial charge on any atom is 0.424 e. The normalized spacial score (nSPS) is 11.6. The van der Waals surface area contributed by atoms with Gasteiger partial charge in [-0.25, -0.2) is 4.79 Å². The zero-order valence-corrected chi connectivity index (χ0v) is 11.6. The van der Waals surface area contributed by atoms with Crippen molar-refractivity contribution in [1.82, 2.24) is 0 Å². The van der Waals surface area contributed by atoms with Gasteiger partial charge >= 0.3 is 17.9 Å². The summed E-state index contributed by atoms with van der Waals surface area (Å²) in [6.45, 7) is 1.73. The van der Waals surface area contributed by atoms with Gasteiger partial charge in [-0.2, -0.15) is 18.0 Å². The average molecular weight is 312 g/mol. The van der Waals surface area contributed by atoms with Gasteiger partial charge in [-0.1, -0.05) is 29.8 Å². The van der Waals surface area contributed by atoms with E-state index in [-0.39, 0.29) is 11.6 Å². The Labute approximate surface area is 123 Å². The summed E-state index contributed by atoms with van der Waals surface area (Å²) in [6.07, 6.45) is -5.02. The van der Waals surface area contributed by atoms with Crippen LogP contribution in [0.3, 0.4) is 0 Å². The smallest absolute Gasteiger partial charge is 0.424 e. The molecule has 0 aromatic heterocycles. The predicted octanol–water partition coefficient (Wildman–Crippen LogP) is 2.51. The fourth-order valence-electron chi connectivity index (χ4n) is 1.52. The first-order valence-corrected chi connectivity index (χ1v) is 5.91. The van der Waals surface area contributed by atoms with Crippen molar-refractivity contribution in [3.8, 4) is 0 Å². The number of nitrogens with zero attached hydrogens (tertiary/aromatic N) is 2. The molecular formula is C14H11F3N2O3. The van der Waals surface area contributed by atoms with Crippen molar-refractivity contribution in [1.29, 1.82) is 0 Å². The molecule has 0 radical (unpaired) electrons. The van der Waals surface area contributed by atoms with Gasteiger partial charge in [0.05, 0.1) is 7.11 Å². The van der Waals surface area contributed by atoms with Crippen molar-refractivity contribution < 1.29 is 32.3 Å². The van der Waals surface area contributed by atoms with E-state index in [0.717, 1.165) is 12.7 Å². The molecular weight excluding hydrogens is 301 g/mol. The first kappa shape index (κ1) is 17.3. The van der Waals surface area contributed by atoms with E-state index in [1.54, 1.807) is 6.92 Å². The molecule has 0 atom stereocenters. The van der Waals surface area contributed by atoms with E-state index in [1.165, 1.54) is 24.3 Å². The van der Waals surface area contributed by atoms with Crippen LogP contribution in [0, 0.1) is 6.92 Å². The number of esters is 1. The number of benzene rings is 1. The Kier molecular flexibility index (Phi) is 5.37. The number of hydrogen-bond donors (Lipinski definition) is 0. The topological polar surface area (TPSA) is 79.8 Å². The number of methoxy groups -OCH3 is 1. The molecule has 22 heavy (non-hydrogen) atoms. The van der Waals surface area contributed by atoms with Gasteiger partial charge in [0.15, 0.2) is 5.57 Å². The van der Waals surface area contributed by atoms with Crippen LogP contribution in [-0.2, 0) is 9.53 Å². The summed E-state index contributed by atoms with van der Waals surface area (Å²) in [6, 6.07) is 5.60. The van der Waals surface area contributed by atoms with Gasteiger partial charge in [-0.3, -0.25) is 4.79 Å². The third-order valence-electron chi connectivity index (χ3n) is 2.65. The number of allylic oxidation sites excluding steroid dienone is 1. The van der Waals surface area contributed by atoms with Crippen molar-refractivity contribution in [3.05, 3.63) is 52.6 Å². The van der Waals surface area contributed by atoms with Crippen LogP contribution in [-0.4, -0.2) is 35.5 Å². The summed E-state index contributed by atoms with van der Waals surface area (Å²) >= 11 is 0. The molecule has 0 spiro atoms. The lowest BCUT2D eigenvalue weighted by atomic mass is 9.99. The Morgan fingerprint density at radius 3 is 2.18 bits per heavy atom. The number of ether oxygens (including phenoxy) is 1. The summed E-state index contributed by atoms with van der Waals surface area (Å²) in [4.78, 5) is 25.5. The number of rotatable bonds is 4. The minimum absolute atomic E-state index is 0.0567. The lowest BCUT2D eigenvalue weighted by molar-refractivity contribution is -0.136. The largest absolute Gasteiger partial charge is 0.466 e. The van der Waals surface area contributed by atoms with E-state index in [9.17, 15) is 22.8 Å². The van der Waals surface area contributed by atoms with Crippen molar-refractivity contribution in [3.63, 3.8) is 0 Å². The summed E-state index contributed by atoms with van der Waals surface area (Å²) < 4.78 is 43.0. The maximum atomic E-state index is 13.0. The van der Waals surface area contributed by atoms with Crippen LogP contribution in [0.5, 0.6) is 0 Å². The first-order valence-electron chi connectivity index (χ1n) is 5.91. The molecule has 1 aromatic carbocycles. The Bertz CT molecular complexity index is 670. The zero-order valence-electron chi connectivity index (χ0n) is 11.6. The van der Waals surface area contributed by atoms with Crippen LogP contribution < -0.4 is 0 Å². The fourth-order valence-corrected chi connectivity index (χ4v) is 1.52. The van der Waals surface area contributed by atoms with Crippen LogP contribution in [0.1, 0.15) is 15.9 Å². The molecule has 0 unspecified atom stereocenters. The summed E-state index contributed by atoms with van der Waals surface area (Å²) in [7, 11) is 0.879. The van der Waals surface area contributed by atoms with Gasteiger partial charge in [-0.05, 0) is 6.92 Å². The Hall–Kier alpha value is -2.73. The highest BCUT2D eigenvalue weighted by atomic mass is 19.4. The highest BCUT2D eigenvalue weighted by Gasteiger charge is 2.45. The minimum atomic E-state index is -5.07. The summed E-state index contributed by atoms with van der Waals surface area (Å²) in [5.74, 6) is -2.50. The molecule has 8 heteroatoms. The second-order valence-electron chi connectivity index (χ2n) is 4.22. The quantitative estimate of drug-likeness (QED) is 0.214. The van der Waals surface area contributed by atoms with E-state index in [1.807, 2.05) is 0 Å². The molecule has 1 aromatic rings. The third-order valence-corrected chi connectivity index (χ3v) is 2.65. The molecule has 0 aliphatic rings. The summed E-state index contributed by atoms with van der Waals surface area (Å²) in [5.41, 5.74) is 6.51. The predicted molar refractivity (Wildman–Crippen MR) is 70.3 cm³/mol. The van der Waals surface area contributed by atoms with Crippen LogP contribution in [0.15, 0.2) is 35.9 Å². The molecule has 0 saturated carbocycles. The molecule has 0 aliphatic carbocycles. The van der Waals surface area contributed by atoms with Crippen molar-refractivity contribution >= 4 is 17.5 Å². The molecule has 0 bridgehead atoms. The SMILES string of the molecule is COC(=O)/C=C(\C(=[N+]=[N-])C(=O)c1ccc(C)cc1)C(F)(F)F. The number of ketones is 1. The molecule has 116 valence electrons. The molecule has 0 N–H and O–H groups in total. The number of carbonyl (C=O) groups is 2. The molecule has 5 nitrogen and oxygen atoms in total. The van der Waals surface area contributed by atoms with E-state index in [0.29, 0.717) is 0 Å². The summed E-state index contributed by atoms with van der Waals surface area (Å²) in [5, 5.41) is 0. The number of alkyl halides is 3. The monoisotopic (exact) mass is 312 g/mol. The minimum Gasteiger partial charge on any atom is -0.466 e. The highest BCUT2D eigenvalue weighted by Crippen LogP contribution is 2.27. The molecule has 0 aliphatic heterocycles. The second-order valence-corrected chi connectivity index (χ2v) is 4.22. The van der Waals surface area contributed by atoms with Gasteiger partial charge in [-0.15, -0.1) is 0 Å². The Morgan fingerprint density at radius 1 is 1.23 bits per heavy atom. The maximum absolute atomic E-state index is 13.0. The van der Waals surface area contributed by atoms with Crippen LogP contribution >= 0.6 is 0 Å². The third kappa shape index (κ3) is 4.13. The van der Waals surface area contributed by atoms with Crippen LogP contribution in [0.25, 0.3) is 5.53 Å². The fraction of sp³-hybridized carbons (Fsp3) is 0.214. The van der Waals surface area contributed by atoms with Gasteiger partial charge in [0.25, 0.3) is 5.78 Å². The van der Waals surface area contributed by atoms with E-state index in [2.05, 4.69) is 9.53 Å². The second kappa shape index (κ2) is 6.82. The van der Waals surface area contributed by atoms with Gasteiger partial charge < -0.3 is 10.3 Å². The van der Waals surface area contributed by atoms with E-state index in [4.69, 9.17) is 5.53 Å². The van der Waals surface area contributed by atoms with Crippen molar-refractivity contribution in [2.45, 2.75) is 13.1 Å². The molecule has 0 saturated heterocycles. The zero-order chi connectivity index (χ0) is 16.9. The Morgan fingerprint density at radius 2 is 1.77 bits per heavy atom. The van der Waals surface area contributed by atoms with Gasteiger partial charge in [0.2, 0.25) is 0 Å². The number of carbonyl (C=O) groups excluding carboxylic acids is 2. The van der Waals surface area contributed by atoms with Crippen LogP contribution in [0.4, 0.5) is 13.2 Å². The van der Waals surface area contributed by atoms with Crippen LogP contribution in [0.2, 0.25) is 0 Å². The lowest BCUT2D eigenvalue weighted by Crippen LogP contribution is -2.28. The first-order chi connectivity index (χ1) is 10.2. The van der Waals surface area contributed by atoms with E-state index >= 15 is 0 Å². The standard InChI is InChI=1S/C14H11F3N2O3/c1-8-3-5-9(6-4-8)13(21)12(19-18)10(14(15,16)17)7-11(20)22-2/h3-7H,1-2H3/b10-7+. The molecule has 0 fully saturated rings. The van der Waals surface area contributed by atoms with E-state index < -0.39 is 29.2 Å². The van der Waals surface area contributed by atoms with Crippen molar-refractivity contribution in [2.75, 3.05) is 7.11 Å². The average Bonchev–Trinajstić information content (AvgIpc) is 2.46. The number of aryl methyl sites for hydroxylation is 1. The Balaban J connectivity index is 3.35. The lowest BCUT2D eigenvalue weighted by Gasteiger charge is -2.07. The highest BCUT2D eigenvalue weighted by molar-refractivity contribution is 6.50. The van der Waals surface area contributed by atoms with Gasteiger partial charge in [0.1, 0.15) is 0 Å². The number of halogens is 3. The number of hydrogen-bond acceptors (Lipinski definition) is 3. The molecule has 1 rings (SSSR count).